The molecule has 6 nitrogen and oxygen atoms in total. The number of aromatic nitrogens is 1. The number of nitrogens with one attached hydrogen (secondary N) is 1. The highest BCUT2D eigenvalue weighted by Crippen LogP contribution is 2.14. The predicted molar refractivity (Wildman–Crippen MR) is 77.3 cm³/mol. The first-order valence-corrected chi connectivity index (χ1v) is 6.55. The van der Waals surface area contributed by atoms with E-state index in [9.17, 15) is 14.9 Å². The van der Waals surface area contributed by atoms with Gasteiger partial charge in [0.15, 0.2) is 0 Å². The van der Waals surface area contributed by atoms with E-state index in [2.05, 4.69) is 27.8 Å². The molecular formula is C12H16BrN3O3. The Morgan fingerprint density at radius 2 is 2.26 bits per heavy atom. The number of nitrogens with zero attached hydrogens (tertiary/aromatic N) is 2. The van der Waals surface area contributed by atoms with Crippen LogP contribution in [0.2, 0.25) is 0 Å². The van der Waals surface area contributed by atoms with Crippen LogP contribution in [0.3, 0.4) is 0 Å². The topological polar surface area (TPSA) is 77.2 Å². The van der Waals surface area contributed by atoms with Crippen LogP contribution in [-0.2, 0) is 6.54 Å². The maximum Gasteiger partial charge on any atom is 0.335 e. The molecule has 0 aliphatic rings. The second-order valence-corrected chi connectivity index (χ2v) is 5.44. The first kappa shape index (κ1) is 15.6. The van der Waals surface area contributed by atoms with E-state index in [1.54, 1.807) is 0 Å². The molecule has 0 aliphatic heterocycles. The van der Waals surface area contributed by atoms with Crippen LogP contribution in [0.25, 0.3) is 0 Å². The van der Waals surface area contributed by atoms with Crippen LogP contribution in [0.15, 0.2) is 33.7 Å². The van der Waals surface area contributed by atoms with Gasteiger partial charge in [-0.1, -0.05) is 20.4 Å². The van der Waals surface area contributed by atoms with Gasteiger partial charge < -0.3 is 9.88 Å². The number of pyridine rings is 1. The maximum absolute atomic E-state index is 11.9. The van der Waals surface area contributed by atoms with Gasteiger partial charge in [-0.15, -0.1) is 0 Å². The van der Waals surface area contributed by atoms with Crippen molar-refractivity contribution in [2.75, 3.05) is 6.54 Å². The van der Waals surface area contributed by atoms with Crippen LogP contribution in [-0.4, -0.2) is 22.1 Å². The Hall–Kier alpha value is -1.47. The molecule has 1 aromatic heterocycles. The van der Waals surface area contributed by atoms with E-state index in [-0.39, 0.29) is 6.54 Å². The molecule has 0 saturated carbocycles. The molecule has 0 bridgehead atoms. The van der Waals surface area contributed by atoms with Crippen LogP contribution in [0.4, 0.5) is 5.69 Å². The lowest BCUT2D eigenvalue weighted by molar-refractivity contribution is -0.386. The normalized spacial score (nSPS) is 10.7. The van der Waals surface area contributed by atoms with E-state index in [0.717, 1.165) is 5.57 Å². The second-order valence-electron chi connectivity index (χ2n) is 4.52. The van der Waals surface area contributed by atoms with Crippen molar-refractivity contribution in [3.63, 3.8) is 0 Å². The lowest BCUT2D eigenvalue weighted by Crippen LogP contribution is -2.28. The summed E-state index contributed by atoms with van der Waals surface area (Å²) in [6, 6.07) is 1.51. The van der Waals surface area contributed by atoms with Crippen LogP contribution in [0, 0.1) is 10.1 Å². The van der Waals surface area contributed by atoms with Crippen LogP contribution in [0.5, 0.6) is 0 Å². The third-order valence-corrected chi connectivity index (χ3v) is 2.82. The van der Waals surface area contributed by atoms with Crippen LogP contribution >= 0.6 is 15.9 Å². The lowest BCUT2D eigenvalue weighted by Gasteiger charge is -2.12. The monoisotopic (exact) mass is 329 g/mol. The Bertz CT molecular complexity index is 552. The number of hydrogen-bond acceptors (Lipinski definition) is 4. The molecule has 0 radical (unpaired) electrons. The van der Waals surface area contributed by atoms with Gasteiger partial charge in [-0.25, -0.2) is 0 Å². The second kappa shape index (κ2) is 6.63. The summed E-state index contributed by atoms with van der Waals surface area (Å²) < 4.78 is 1.77. The fraction of sp³-hybridized carbons (Fsp3) is 0.417. The Kier molecular flexibility index (Phi) is 5.44. The first-order chi connectivity index (χ1) is 8.81. The molecule has 0 atom stereocenters. The van der Waals surface area contributed by atoms with Crippen molar-refractivity contribution in [2.24, 2.45) is 0 Å². The molecule has 0 amide bonds. The zero-order chi connectivity index (χ0) is 14.6. The third-order valence-electron chi connectivity index (χ3n) is 2.38. The van der Waals surface area contributed by atoms with Gasteiger partial charge in [0.2, 0.25) is 0 Å². The van der Waals surface area contributed by atoms with Crippen molar-refractivity contribution >= 4 is 21.6 Å². The van der Waals surface area contributed by atoms with Gasteiger partial charge in [0, 0.05) is 35.9 Å². The largest absolute Gasteiger partial charge is 0.335 e. The average Bonchev–Trinajstić information content (AvgIpc) is 2.30. The molecule has 0 aromatic carbocycles. The fourth-order valence-electron chi connectivity index (χ4n) is 1.48. The first-order valence-electron chi connectivity index (χ1n) is 5.75. The Labute approximate surface area is 119 Å². The molecule has 7 heteroatoms. The highest BCUT2D eigenvalue weighted by molar-refractivity contribution is 9.10. The highest BCUT2D eigenvalue weighted by atomic mass is 79.9. The summed E-state index contributed by atoms with van der Waals surface area (Å²) in [4.78, 5) is 22.0. The van der Waals surface area contributed by atoms with Gasteiger partial charge in [-0.2, -0.15) is 0 Å². The van der Waals surface area contributed by atoms with Gasteiger partial charge in [0.05, 0.1) is 4.92 Å². The van der Waals surface area contributed by atoms with Gasteiger partial charge >= 0.3 is 11.2 Å². The molecule has 0 unspecified atom stereocenters. The molecular weight excluding hydrogens is 314 g/mol. The molecule has 1 heterocycles. The lowest BCUT2D eigenvalue weighted by atomic mass is 10.2. The fourth-order valence-corrected chi connectivity index (χ4v) is 1.94. The minimum Gasteiger partial charge on any atom is -0.311 e. The van der Waals surface area contributed by atoms with Gasteiger partial charge in [0.1, 0.15) is 0 Å². The zero-order valence-electron chi connectivity index (χ0n) is 10.9. The Morgan fingerprint density at radius 3 is 2.79 bits per heavy atom. The van der Waals surface area contributed by atoms with E-state index in [4.69, 9.17) is 0 Å². The van der Waals surface area contributed by atoms with Crippen LogP contribution in [0.1, 0.15) is 13.8 Å². The summed E-state index contributed by atoms with van der Waals surface area (Å²) in [5, 5.41) is 13.9. The summed E-state index contributed by atoms with van der Waals surface area (Å²) >= 11 is 3.16. The van der Waals surface area contributed by atoms with E-state index in [1.165, 1.54) is 16.8 Å². The zero-order valence-corrected chi connectivity index (χ0v) is 12.4. The van der Waals surface area contributed by atoms with Crippen molar-refractivity contribution < 1.29 is 4.92 Å². The highest BCUT2D eigenvalue weighted by Gasteiger charge is 2.16. The Morgan fingerprint density at radius 1 is 1.63 bits per heavy atom. The van der Waals surface area contributed by atoms with Crippen molar-refractivity contribution in [1.82, 2.24) is 9.88 Å². The minimum absolute atomic E-state index is 0.249. The van der Waals surface area contributed by atoms with E-state index >= 15 is 0 Å². The average molecular weight is 330 g/mol. The third kappa shape index (κ3) is 4.60. The smallest absolute Gasteiger partial charge is 0.311 e. The van der Waals surface area contributed by atoms with Crippen molar-refractivity contribution in [3.8, 4) is 0 Å². The van der Waals surface area contributed by atoms with E-state index < -0.39 is 16.2 Å². The van der Waals surface area contributed by atoms with Gasteiger partial charge in [0.25, 0.3) is 0 Å². The summed E-state index contributed by atoms with van der Waals surface area (Å²) in [7, 11) is 0. The molecule has 0 aliphatic carbocycles. The predicted octanol–water partition coefficient (Wildman–Crippen LogP) is 2.07. The SMILES string of the molecule is C=C(CNC(C)C)Cn1cc(Br)cc([N+](=O)[O-])c1=O. The number of nitro groups is 1. The molecule has 19 heavy (non-hydrogen) atoms. The summed E-state index contributed by atoms with van der Waals surface area (Å²) in [5.41, 5.74) is -0.291. The van der Waals surface area contributed by atoms with Crippen molar-refractivity contribution in [1.29, 1.82) is 0 Å². The van der Waals surface area contributed by atoms with E-state index in [0.29, 0.717) is 17.1 Å². The molecule has 0 spiro atoms. The van der Waals surface area contributed by atoms with E-state index in [1.807, 2.05) is 13.8 Å². The van der Waals surface area contributed by atoms with Crippen molar-refractivity contribution in [3.05, 3.63) is 49.4 Å². The standard InChI is InChI=1S/C12H16BrN3O3/c1-8(2)14-5-9(3)6-15-7-10(13)4-11(12(15)17)16(18)19/h4,7-8,14H,3,5-6H2,1-2H3. The Balaban J connectivity index is 2.93. The quantitative estimate of drug-likeness (QED) is 0.492. The molecule has 0 saturated heterocycles. The van der Waals surface area contributed by atoms with Crippen molar-refractivity contribution in [2.45, 2.75) is 26.4 Å². The van der Waals surface area contributed by atoms with Gasteiger partial charge in [-0.05, 0) is 21.5 Å². The van der Waals surface area contributed by atoms with Gasteiger partial charge in [-0.3, -0.25) is 14.9 Å². The molecule has 104 valence electrons. The number of hydrogen-bond donors (Lipinski definition) is 1. The number of rotatable bonds is 6. The maximum atomic E-state index is 11.9. The number of halogens is 1. The summed E-state index contributed by atoms with van der Waals surface area (Å²) in [6.45, 7) is 8.68. The molecule has 1 aromatic rings. The molecule has 1 N–H and O–H groups in total. The molecule has 0 fully saturated rings. The summed E-state index contributed by atoms with van der Waals surface area (Å²) in [5.74, 6) is 0. The molecule has 1 rings (SSSR count). The van der Waals surface area contributed by atoms with Crippen LogP contribution < -0.4 is 10.9 Å². The summed E-state index contributed by atoms with van der Waals surface area (Å²) in [6.07, 6.45) is 1.52. The minimum atomic E-state index is -0.682.